The Hall–Kier alpha value is -1.42. The molecule has 0 aliphatic carbocycles. The molecule has 0 radical (unpaired) electrons. The maximum Gasteiger partial charge on any atom is 0.343 e. The van der Waals surface area contributed by atoms with Crippen molar-refractivity contribution in [3.63, 3.8) is 0 Å². The standard InChI is InChI=1S/C18H14Br2O5S2/c1-3-23-17(21)13-14(18(22)24-4-2)16(10-6-8-12(20)27-10)25-15(13)9-5-7-11(19)26-9/h5-8H,3-4H2,1-2H3. The molecule has 0 amide bonds. The lowest BCUT2D eigenvalue weighted by molar-refractivity contribution is 0.0481. The van der Waals surface area contributed by atoms with Crippen LogP contribution in [-0.2, 0) is 9.47 Å². The second-order valence-corrected chi connectivity index (χ2v) is 10.1. The minimum Gasteiger partial charge on any atom is -0.462 e. The van der Waals surface area contributed by atoms with Crippen molar-refractivity contribution in [3.05, 3.63) is 43.0 Å². The SMILES string of the molecule is CCOC(=O)c1c(-c2ccc(Br)s2)oc(-c2ccc(Br)s2)c1C(=O)OCC. The van der Waals surface area contributed by atoms with Crippen molar-refractivity contribution in [1.82, 2.24) is 0 Å². The van der Waals surface area contributed by atoms with Gasteiger partial charge in [0.1, 0.15) is 11.1 Å². The molecule has 0 bridgehead atoms. The summed E-state index contributed by atoms with van der Waals surface area (Å²) in [5.74, 6) is -0.644. The van der Waals surface area contributed by atoms with Crippen LogP contribution in [0.15, 0.2) is 36.3 Å². The zero-order chi connectivity index (χ0) is 19.6. The lowest BCUT2D eigenvalue weighted by Gasteiger charge is -2.05. The van der Waals surface area contributed by atoms with Crippen LogP contribution in [-0.4, -0.2) is 25.2 Å². The van der Waals surface area contributed by atoms with E-state index in [0.29, 0.717) is 21.3 Å². The van der Waals surface area contributed by atoms with Gasteiger partial charge in [-0.25, -0.2) is 9.59 Å². The van der Waals surface area contributed by atoms with Gasteiger partial charge in [-0.2, -0.15) is 0 Å². The monoisotopic (exact) mass is 532 g/mol. The van der Waals surface area contributed by atoms with Crippen LogP contribution in [0.3, 0.4) is 0 Å². The van der Waals surface area contributed by atoms with Gasteiger partial charge in [0.15, 0.2) is 11.5 Å². The highest BCUT2D eigenvalue weighted by atomic mass is 79.9. The second-order valence-electron chi connectivity index (χ2n) is 5.16. The first-order valence-corrected chi connectivity index (χ1v) is 11.2. The third-order valence-corrected chi connectivity index (χ3v) is 6.71. The number of rotatable bonds is 6. The van der Waals surface area contributed by atoms with Gasteiger partial charge >= 0.3 is 11.9 Å². The zero-order valence-corrected chi connectivity index (χ0v) is 19.1. The zero-order valence-electron chi connectivity index (χ0n) is 14.3. The van der Waals surface area contributed by atoms with Crippen LogP contribution in [0, 0.1) is 0 Å². The molecule has 27 heavy (non-hydrogen) atoms. The highest BCUT2D eigenvalue weighted by molar-refractivity contribution is 9.11. The van der Waals surface area contributed by atoms with Crippen LogP contribution >= 0.6 is 54.5 Å². The highest BCUT2D eigenvalue weighted by Crippen LogP contribution is 2.43. The predicted octanol–water partition coefficient (Wildman–Crippen LogP) is 6.62. The van der Waals surface area contributed by atoms with Crippen molar-refractivity contribution < 1.29 is 23.5 Å². The Labute approximate surface area is 180 Å². The molecule has 0 atom stereocenters. The summed E-state index contributed by atoms with van der Waals surface area (Å²) in [6.07, 6.45) is 0. The van der Waals surface area contributed by atoms with Crippen molar-refractivity contribution >= 4 is 66.5 Å². The number of hydrogen-bond acceptors (Lipinski definition) is 7. The van der Waals surface area contributed by atoms with Crippen LogP contribution < -0.4 is 0 Å². The maximum absolute atomic E-state index is 12.7. The van der Waals surface area contributed by atoms with Crippen LogP contribution in [0.1, 0.15) is 34.6 Å². The first-order valence-electron chi connectivity index (χ1n) is 7.98. The lowest BCUT2D eigenvalue weighted by atomic mass is 10.1. The van der Waals surface area contributed by atoms with E-state index in [9.17, 15) is 9.59 Å². The Morgan fingerprint density at radius 2 is 1.26 bits per heavy atom. The molecule has 0 aliphatic heterocycles. The van der Waals surface area contributed by atoms with Crippen LogP contribution in [0.5, 0.6) is 0 Å². The Balaban J connectivity index is 2.29. The summed E-state index contributed by atoms with van der Waals surface area (Å²) < 4.78 is 18.2. The van der Waals surface area contributed by atoms with E-state index in [-0.39, 0.29) is 24.3 Å². The largest absolute Gasteiger partial charge is 0.462 e. The Bertz CT molecular complexity index is 909. The van der Waals surface area contributed by atoms with Gasteiger partial charge in [-0.1, -0.05) is 0 Å². The summed E-state index contributed by atoms with van der Waals surface area (Å²) in [6.45, 7) is 3.78. The van der Waals surface area contributed by atoms with Gasteiger partial charge in [-0.3, -0.25) is 0 Å². The summed E-state index contributed by atoms with van der Waals surface area (Å²) >= 11 is 9.62. The number of carbonyl (C=O) groups is 2. The van der Waals surface area contributed by atoms with Crippen molar-refractivity contribution in [2.45, 2.75) is 13.8 Å². The van der Waals surface area contributed by atoms with Gasteiger partial charge in [0.25, 0.3) is 0 Å². The number of carbonyl (C=O) groups excluding carboxylic acids is 2. The number of thiophene rings is 2. The third kappa shape index (κ3) is 4.21. The van der Waals surface area contributed by atoms with Gasteiger partial charge < -0.3 is 13.9 Å². The van der Waals surface area contributed by atoms with E-state index in [2.05, 4.69) is 31.9 Å². The molecule has 0 spiro atoms. The predicted molar refractivity (Wildman–Crippen MR) is 113 cm³/mol. The van der Waals surface area contributed by atoms with Gasteiger partial charge in [0.05, 0.1) is 30.5 Å². The highest BCUT2D eigenvalue weighted by Gasteiger charge is 2.34. The normalized spacial score (nSPS) is 10.8. The van der Waals surface area contributed by atoms with E-state index >= 15 is 0 Å². The summed E-state index contributed by atoms with van der Waals surface area (Å²) in [5, 5.41) is 0. The third-order valence-electron chi connectivity index (χ3n) is 3.46. The molecular weight excluding hydrogens is 520 g/mol. The van der Waals surface area contributed by atoms with Crippen molar-refractivity contribution in [2.75, 3.05) is 13.2 Å². The molecule has 3 rings (SSSR count). The molecule has 0 aromatic carbocycles. The van der Waals surface area contributed by atoms with Crippen LogP contribution in [0.2, 0.25) is 0 Å². The fourth-order valence-corrected chi connectivity index (χ4v) is 5.19. The molecule has 0 aliphatic rings. The molecule has 0 saturated heterocycles. The first-order chi connectivity index (χ1) is 13.0. The number of ether oxygens (including phenoxy) is 2. The maximum atomic E-state index is 12.7. The second kappa shape index (κ2) is 8.72. The summed E-state index contributed by atoms with van der Waals surface area (Å²) in [6, 6.07) is 7.34. The summed E-state index contributed by atoms with van der Waals surface area (Å²) in [5.41, 5.74) is 0.174. The van der Waals surface area contributed by atoms with Gasteiger partial charge in [0, 0.05) is 0 Å². The lowest BCUT2D eigenvalue weighted by Crippen LogP contribution is -2.13. The molecule has 3 heterocycles. The molecule has 0 saturated carbocycles. The summed E-state index contributed by atoms with van der Waals surface area (Å²) in [4.78, 5) is 26.9. The fraction of sp³-hybridized carbons (Fsp3) is 0.222. The molecular formula is C18H14Br2O5S2. The molecule has 0 fully saturated rings. The van der Waals surface area contributed by atoms with Crippen LogP contribution in [0.4, 0.5) is 0 Å². The Kier molecular flexibility index (Phi) is 6.56. The molecule has 9 heteroatoms. The van der Waals surface area contributed by atoms with E-state index in [4.69, 9.17) is 13.9 Å². The minimum atomic E-state index is -0.620. The van der Waals surface area contributed by atoms with Gasteiger partial charge in [-0.15, -0.1) is 22.7 Å². The Morgan fingerprint density at radius 1 is 0.852 bits per heavy atom. The first kappa shape index (κ1) is 20.3. The smallest absolute Gasteiger partial charge is 0.343 e. The van der Waals surface area contributed by atoms with Crippen molar-refractivity contribution in [2.24, 2.45) is 0 Å². The molecule has 0 N–H and O–H groups in total. The topological polar surface area (TPSA) is 65.7 Å². The molecule has 3 aromatic rings. The Morgan fingerprint density at radius 3 is 1.56 bits per heavy atom. The van der Waals surface area contributed by atoms with Crippen molar-refractivity contribution in [3.8, 4) is 21.3 Å². The molecule has 3 aromatic heterocycles. The average molecular weight is 534 g/mol. The summed E-state index contributed by atoms with van der Waals surface area (Å²) in [7, 11) is 0. The number of furan rings is 1. The number of halogens is 2. The van der Waals surface area contributed by atoms with E-state index in [0.717, 1.165) is 7.57 Å². The van der Waals surface area contributed by atoms with E-state index in [1.807, 2.05) is 24.3 Å². The number of esters is 2. The average Bonchev–Trinajstić information content (AvgIpc) is 3.32. The quantitative estimate of drug-likeness (QED) is 0.333. The van der Waals surface area contributed by atoms with Gasteiger partial charge in [0.2, 0.25) is 0 Å². The van der Waals surface area contributed by atoms with E-state index < -0.39 is 11.9 Å². The molecule has 142 valence electrons. The van der Waals surface area contributed by atoms with Crippen molar-refractivity contribution in [1.29, 1.82) is 0 Å². The minimum absolute atomic E-state index is 0.0872. The molecule has 0 unspecified atom stereocenters. The number of hydrogen-bond donors (Lipinski definition) is 0. The van der Waals surface area contributed by atoms with Crippen LogP contribution in [0.25, 0.3) is 21.3 Å². The fourth-order valence-electron chi connectivity index (χ4n) is 2.45. The van der Waals surface area contributed by atoms with Gasteiger partial charge in [-0.05, 0) is 70.0 Å². The van der Waals surface area contributed by atoms with E-state index in [1.54, 1.807) is 13.8 Å². The van der Waals surface area contributed by atoms with E-state index in [1.165, 1.54) is 22.7 Å². The molecule has 5 nitrogen and oxygen atoms in total.